The summed E-state index contributed by atoms with van der Waals surface area (Å²) in [5.74, 6) is 0.0379. The Balaban J connectivity index is 1.91. The van der Waals surface area contributed by atoms with Gasteiger partial charge in [-0.2, -0.15) is 0 Å². The molecule has 1 fully saturated rings. The van der Waals surface area contributed by atoms with Crippen molar-refractivity contribution in [3.05, 3.63) is 34.2 Å². The van der Waals surface area contributed by atoms with E-state index in [1.807, 2.05) is 6.07 Å². The second-order valence-corrected chi connectivity index (χ2v) is 4.28. The maximum Gasteiger partial charge on any atom is 0.253 e. The molecule has 0 unspecified atom stereocenters. The van der Waals surface area contributed by atoms with Crippen LogP contribution in [0.1, 0.15) is 24.8 Å². The van der Waals surface area contributed by atoms with E-state index in [0.29, 0.717) is 24.6 Å². The number of amides is 1. The molecule has 0 saturated heterocycles. The minimum atomic E-state index is -0.0123. The maximum absolute atomic E-state index is 11.6. The van der Waals surface area contributed by atoms with Crippen LogP contribution in [0.15, 0.2) is 23.1 Å². The fourth-order valence-electron chi connectivity index (χ4n) is 1.58. The summed E-state index contributed by atoms with van der Waals surface area (Å²) in [5, 5.41) is 2.90. The van der Waals surface area contributed by atoms with E-state index in [4.69, 9.17) is 0 Å². The first-order valence-corrected chi connectivity index (χ1v) is 5.62. The van der Waals surface area contributed by atoms with Gasteiger partial charge < -0.3 is 9.88 Å². The summed E-state index contributed by atoms with van der Waals surface area (Å²) in [5.41, 5.74) is 0.701. The van der Waals surface area contributed by atoms with Gasteiger partial charge in [0.15, 0.2) is 0 Å². The van der Waals surface area contributed by atoms with Crippen LogP contribution in [-0.2, 0) is 11.3 Å². The zero-order chi connectivity index (χ0) is 11.5. The average Bonchev–Trinajstić information content (AvgIpc) is 3.04. The van der Waals surface area contributed by atoms with Gasteiger partial charge in [0.1, 0.15) is 0 Å². The summed E-state index contributed by atoms with van der Waals surface area (Å²) in [7, 11) is 0. The molecule has 1 aromatic rings. The van der Waals surface area contributed by atoms with E-state index in [-0.39, 0.29) is 11.5 Å². The molecule has 0 bridgehead atoms. The number of rotatable bonds is 4. The van der Waals surface area contributed by atoms with E-state index in [1.54, 1.807) is 23.8 Å². The summed E-state index contributed by atoms with van der Waals surface area (Å²) in [6.07, 6.45) is 4.28. The van der Waals surface area contributed by atoms with Gasteiger partial charge in [0.25, 0.3) is 5.56 Å². The monoisotopic (exact) mass is 220 g/mol. The van der Waals surface area contributed by atoms with Crippen molar-refractivity contribution in [3.8, 4) is 0 Å². The number of carbonyl (C=O) groups excluding carboxylic acids is 1. The van der Waals surface area contributed by atoms with Crippen molar-refractivity contribution in [2.24, 2.45) is 0 Å². The normalized spacial score (nSPS) is 14.8. The third-order valence-corrected chi connectivity index (χ3v) is 2.73. The lowest BCUT2D eigenvalue weighted by Gasteiger charge is -2.06. The van der Waals surface area contributed by atoms with Crippen LogP contribution in [0.4, 0.5) is 0 Å². The molecule has 1 aliphatic carbocycles. The molecule has 0 aromatic carbocycles. The molecule has 1 aliphatic rings. The number of pyridine rings is 1. The smallest absolute Gasteiger partial charge is 0.253 e. The lowest BCUT2D eigenvalue weighted by atomic mass is 10.3. The largest absolute Gasteiger partial charge is 0.353 e. The van der Waals surface area contributed by atoms with E-state index in [9.17, 15) is 9.59 Å². The Morgan fingerprint density at radius 1 is 1.56 bits per heavy atom. The SMILES string of the molecule is Cc1cccn(CCC(=O)NC2CC2)c1=O. The summed E-state index contributed by atoms with van der Waals surface area (Å²) in [6.45, 7) is 2.24. The molecule has 2 rings (SSSR count). The Morgan fingerprint density at radius 3 is 3.00 bits per heavy atom. The van der Waals surface area contributed by atoms with Crippen molar-refractivity contribution in [2.75, 3.05) is 0 Å². The molecule has 4 nitrogen and oxygen atoms in total. The summed E-state index contributed by atoms with van der Waals surface area (Å²) in [4.78, 5) is 23.1. The molecule has 1 amide bonds. The number of nitrogens with zero attached hydrogens (tertiary/aromatic N) is 1. The number of nitrogens with one attached hydrogen (secondary N) is 1. The van der Waals surface area contributed by atoms with Crippen molar-refractivity contribution in [1.29, 1.82) is 0 Å². The zero-order valence-corrected chi connectivity index (χ0v) is 9.40. The first-order valence-electron chi connectivity index (χ1n) is 5.62. The van der Waals surface area contributed by atoms with Crippen molar-refractivity contribution in [1.82, 2.24) is 9.88 Å². The van der Waals surface area contributed by atoms with Gasteiger partial charge in [0.2, 0.25) is 5.91 Å². The van der Waals surface area contributed by atoms with Crippen molar-refractivity contribution >= 4 is 5.91 Å². The van der Waals surface area contributed by atoms with Crippen molar-refractivity contribution in [2.45, 2.75) is 38.8 Å². The molecule has 0 radical (unpaired) electrons. The van der Waals surface area contributed by atoms with Gasteiger partial charge in [-0.05, 0) is 25.8 Å². The van der Waals surface area contributed by atoms with Gasteiger partial charge in [-0.25, -0.2) is 0 Å². The average molecular weight is 220 g/mol. The van der Waals surface area contributed by atoms with Crippen LogP contribution in [-0.4, -0.2) is 16.5 Å². The van der Waals surface area contributed by atoms with Crippen LogP contribution in [0.25, 0.3) is 0 Å². The third-order valence-electron chi connectivity index (χ3n) is 2.73. The standard InChI is InChI=1S/C12H16N2O2/c1-9-3-2-7-14(12(9)16)8-6-11(15)13-10-4-5-10/h2-3,7,10H,4-6,8H2,1H3,(H,13,15). The summed E-state index contributed by atoms with van der Waals surface area (Å²) < 4.78 is 1.59. The highest BCUT2D eigenvalue weighted by molar-refractivity contribution is 5.76. The Labute approximate surface area is 94.3 Å². The minimum absolute atomic E-state index is 0.0123. The van der Waals surface area contributed by atoms with E-state index in [2.05, 4.69) is 5.32 Å². The van der Waals surface area contributed by atoms with Crippen LogP contribution >= 0.6 is 0 Å². The molecule has 1 N–H and O–H groups in total. The lowest BCUT2D eigenvalue weighted by molar-refractivity contribution is -0.121. The van der Waals surface area contributed by atoms with Crippen LogP contribution in [0.3, 0.4) is 0 Å². The molecular weight excluding hydrogens is 204 g/mol. The number of hydrogen-bond acceptors (Lipinski definition) is 2. The predicted molar refractivity (Wildman–Crippen MR) is 61.2 cm³/mol. The number of aromatic nitrogens is 1. The predicted octanol–water partition coefficient (Wildman–Crippen LogP) is 0.825. The van der Waals surface area contributed by atoms with E-state index >= 15 is 0 Å². The Bertz CT molecular complexity index is 447. The highest BCUT2D eigenvalue weighted by Gasteiger charge is 2.22. The Morgan fingerprint density at radius 2 is 2.31 bits per heavy atom. The number of carbonyl (C=O) groups is 1. The van der Waals surface area contributed by atoms with Crippen LogP contribution in [0.5, 0.6) is 0 Å². The van der Waals surface area contributed by atoms with Crippen LogP contribution in [0.2, 0.25) is 0 Å². The van der Waals surface area contributed by atoms with E-state index in [0.717, 1.165) is 12.8 Å². The zero-order valence-electron chi connectivity index (χ0n) is 9.40. The van der Waals surface area contributed by atoms with Crippen molar-refractivity contribution in [3.63, 3.8) is 0 Å². The molecule has 4 heteroatoms. The molecule has 0 spiro atoms. The lowest BCUT2D eigenvalue weighted by Crippen LogP contribution is -2.29. The topological polar surface area (TPSA) is 51.1 Å². The maximum atomic E-state index is 11.6. The fourth-order valence-corrected chi connectivity index (χ4v) is 1.58. The molecule has 1 aromatic heterocycles. The number of hydrogen-bond donors (Lipinski definition) is 1. The quantitative estimate of drug-likeness (QED) is 0.817. The highest BCUT2D eigenvalue weighted by Crippen LogP contribution is 2.18. The molecule has 86 valence electrons. The van der Waals surface area contributed by atoms with Gasteiger partial charge in [-0.1, -0.05) is 6.07 Å². The fraction of sp³-hybridized carbons (Fsp3) is 0.500. The van der Waals surface area contributed by atoms with Gasteiger partial charge >= 0.3 is 0 Å². The van der Waals surface area contributed by atoms with E-state index in [1.165, 1.54) is 0 Å². The molecule has 1 heterocycles. The minimum Gasteiger partial charge on any atom is -0.353 e. The van der Waals surface area contributed by atoms with Gasteiger partial charge in [-0.15, -0.1) is 0 Å². The highest BCUT2D eigenvalue weighted by atomic mass is 16.2. The Hall–Kier alpha value is -1.58. The second kappa shape index (κ2) is 4.51. The van der Waals surface area contributed by atoms with Gasteiger partial charge in [0, 0.05) is 30.8 Å². The Kier molecular flexibility index (Phi) is 3.08. The van der Waals surface area contributed by atoms with Gasteiger partial charge in [0.05, 0.1) is 0 Å². The summed E-state index contributed by atoms with van der Waals surface area (Å²) in [6, 6.07) is 4.00. The first-order chi connectivity index (χ1) is 7.66. The molecule has 0 aliphatic heterocycles. The summed E-state index contributed by atoms with van der Waals surface area (Å²) >= 11 is 0. The molecule has 16 heavy (non-hydrogen) atoms. The third kappa shape index (κ3) is 2.72. The van der Waals surface area contributed by atoms with Crippen LogP contribution < -0.4 is 10.9 Å². The first kappa shape index (κ1) is 10.9. The molecular formula is C12H16N2O2. The molecule has 0 atom stereocenters. The van der Waals surface area contributed by atoms with Crippen molar-refractivity contribution < 1.29 is 4.79 Å². The van der Waals surface area contributed by atoms with Gasteiger partial charge in [-0.3, -0.25) is 9.59 Å². The second-order valence-electron chi connectivity index (χ2n) is 4.28. The van der Waals surface area contributed by atoms with E-state index < -0.39 is 0 Å². The molecule has 1 saturated carbocycles. The number of aryl methyl sites for hydroxylation is 2. The van der Waals surface area contributed by atoms with Crippen LogP contribution in [0, 0.1) is 6.92 Å².